The van der Waals surface area contributed by atoms with E-state index in [0.29, 0.717) is 5.52 Å². The van der Waals surface area contributed by atoms with Crippen molar-refractivity contribution in [2.45, 2.75) is 0 Å². The van der Waals surface area contributed by atoms with E-state index < -0.39 is 11.9 Å². The van der Waals surface area contributed by atoms with Crippen LogP contribution in [-0.2, 0) is 0 Å². The maximum atomic E-state index is 11.4. The maximum Gasteiger partial charge on any atom is 0.319 e. The molecule has 3 N–H and O–H groups in total. The minimum Gasteiger partial charge on any atom is -0.351 e. The fourth-order valence-corrected chi connectivity index (χ4v) is 1.37. The first-order valence-electron chi connectivity index (χ1n) is 4.63. The Morgan fingerprint density at radius 1 is 1.12 bits per heavy atom. The molecule has 0 bridgehead atoms. The second kappa shape index (κ2) is 3.98. The van der Waals surface area contributed by atoms with Gasteiger partial charge in [0.2, 0.25) is 0 Å². The molecule has 5 nitrogen and oxygen atoms in total. The fraction of sp³-hybridized carbons (Fsp3) is 0. The first-order valence-corrected chi connectivity index (χ1v) is 4.63. The molecule has 1 heterocycles. The largest absolute Gasteiger partial charge is 0.351 e. The Labute approximate surface area is 91.3 Å². The summed E-state index contributed by atoms with van der Waals surface area (Å²) in [6.45, 7) is 0. The molecule has 0 saturated carbocycles. The third kappa shape index (κ3) is 1.98. The number of carbonyl (C=O) groups is 2. The summed E-state index contributed by atoms with van der Waals surface area (Å²) in [6, 6.07) is 9.80. The summed E-state index contributed by atoms with van der Waals surface area (Å²) in [4.78, 5) is 26.0. The lowest BCUT2D eigenvalue weighted by Gasteiger charge is -2.01. The number of para-hydroxylation sites is 1. The summed E-state index contributed by atoms with van der Waals surface area (Å²) in [5.74, 6) is -0.599. The first kappa shape index (κ1) is 10.1. The standard InChI is InChI=1S/C11H9N3O2/c12-11(16)14-10(15)9-6-5-7-3-1-2-4-8(7)13-9/h1-6H,(H3,12,14,15,16). The Balaban J connectivity index is 2.39. The molecule has 3 amide bonds. The van der Waals surface area contributed by atoms with E-state index in [4.69, 9.17) is 5.73 Å². The molecule has 2 rings (SSSR count). The number of urea groups is 1. The third-order valence-electron chi connectivity index (χ3n) is 2.07. The molecule has 0 radical (unpaired) electrons. The summed E-state index contributed by atoms with van der Waals surface area (Å²) in [5, 5.41) is 2.89. The van der Waals surface area contributed by atoms with Crippen LogP contribution in [0.5, 0.6) is 0 Å². The van der Waals surface area contributed by atoms with Gasteiger partial charge in [-0.25, -0.2) is 9.78 Å². The Bertz CT molecular complexity index is 566. The lowest BCUT2D eigenvalue weighted by atomic mass is 10.2. The van der Waals surface area contributed by atoms with Gasteiger partial charge < -0.3 is 5.73 Å². The average molecular weight is 215 g/mol. The summed E-state index contributed by atoms with van der Waals surface area (Å²) in [5.41, 5.74) is 5.70. The zero-order valence-electron chi connectivity index (χ0n) is 8.31. The van der Waals surface area contributed by atoms with Crippen LogP contribution in [0.3, 0.4) is 0 Å². The molecule has 16 heavy (non-hydrogen) atoms. The highest BCUT2D eigenvalue weighted by Gasteiger charge is 2.09. The zero-order valence-corrected chi connectivity index (χ0v) is 8.31. The average Bonchev–Trinajstić information content (AvgIpc) is 2.27. The number of carbonyl (C=O) groups excluding carboxylic acids is 2. The van der Waals surface area contributed by atoms with Crippen molar-refractivity contribution in [3.8, 4) is 0 Å². The predicted molar refractivity (Wildman–Crippen MR) is 58.8 cm³/mol. The molecule has 0 unspecified atom stereocenters. The van der Waals surface area contributed by atoms with Crippen LogP contribution >= 0.6 is 0 Å². The smallest absolute Gasteiger partial charge is 0.319 e. The van der Waals surface area contributed by atoms with Crippen molar-refractivity contribution >= 4 is 22.8 Å². The summed E-state index contributed by atoms with van der Waals surface area (Å²) in [6.07, 6.45) is 0. The number of pyridine rings is 1. The van der Waals surface area contributed by atoms with E-state index in [1.165, 1.54) is 0 Å². The minimum absolute atomic E-state index is 0.164. The Morgan fingerprint density at radius 2 is 1.88 bits per heavy atom. The molecule has 1 aromatic heterocycles. The number of rotatable bonds is 1. The van der Waals surface area contributed by atoms with Crippen molar-refractivity contribution in [1.29, 1.82) is 0 Å². The topological polar surface area (TPSA) is 85.1 Å². The highest BCUT2D eigenvalue weighted by Crippen LogP contribution is 2.11. The molecule has 0 spiro atoms. The third-order valence-corrected chi connectivity index (χ3v) is 2.07. The van der Waals surface area contributed by atoms with E-state index in [1.54, 1.807) is 18.2 Å². The van der Waals surface area contributed by atoms with Crippen molar-refractivity contribution < 1.29 is 9.59 Å². The van der Waals surface area contributed by atoms with Gasteiger partial charge in [-0.15, -0.1) is 0 Å². The Morgan fingerprint density at radius 3 is 2.62 bits per heavy atom. The van der Waals surface area contributed by atoms with Crippen LogP contribution in [0.15, 0.2) is 36.4 Å². The molecular weight excluding hydrogens is 206 g/mol. The molecule has 80 valence electrons. The van der Waals surface area contributed by atoms with Gasteiger partial charge in [0, 0.05) is 5.39 Å². The van der Waals surface area contributed by atoms with E-state index in [-0.39, 0.29) is 5.69 Å². The van der Waals surface area contributed by atoms with Crippen LogP contribution in [0.1, 0.15) is 10.5 Å². The summed E-state index contributed by atoms with van der Waals surface area (Å²) < 4.78 is 0. The zero-order chi connectivity index (χ0) is 11.5. The molecule has 0 atom stereocenters. The maximum absolute atomic E-state index is 11.4. The number of primary amides is 1. The highest BCUT2D eigenvalue weighted by atomic mass is 16.2. The van der Waals surface area contributed by atoms with E-state index >= 15 is 0 Å². The monoisotopic (exact) mass is 215 g/mol. The summed E-state index contributed by atoms with van der Waals surface area (Å²) >= 11 is 0. The number of imide groups is 1. The van der Waals surface area contributed by atoms with Crippen molar-refractivity contribution in [3.05, 3.63) is 42.1 Å². The number of aromatic nitrogens is 1. The van der Waals surface area contributed by atoms with Gasteiger partial charge in [0.05, 0.1) is 5.52 Å². The van der Waals surface area contributed by atoms with Crippen LogP contribution in [0.25, 0.3) is 10.9 Å². The van der Waals surface area contributed by atoms with Crippen LogP contribution in [0, 0.1) is 0 Å². The van der Waals surface area contributed by atoms with Crippen LogP contribution in [0.4, 0.5) is 4.79 Å². The molecule has 0 aliphatic carbocycles. The number of nitrogens with zero attached hydrogens (tertiary/aromatic N) is 1. The number of amides is 3. The van der Waals surface area contributed by atoms with Crippen LogP contribution in [0.2, 0.25) is 0 Å². The second-order valence-corrected chi connectivity index (χ2v) is 3.21. The Hall–Kier alpha value is -2.43. The second-order valence-electron chi connectivity index (χ2n) is 3.21. The summed E-state index contributed by atoms with van der Waals surface area (Å²) in [7, 11) is 0. The molecule has 5 heteroatoms. The van der Waals surface area contributed by atoms with E-state index in [0.717, 1.165) is 5.39 Å². The lowest BCUT2D eigenvalue weighted by molar-refractivity contribution is 0.0961. The molecular formula is C11H9N3O2. The van der Waals surface area contributed by atoms with Crippen LogP contribution in [-0.4, -0.2) is 16.9 Å². The van der Waals surface area contributed by atoms with E-state index in [2.05, 4.69) is 4.98 Å². The van der Waals surface area contributed by atoms with Gasteiger partial charge in [-0.2, -0.15) is 0 Å². The fourth-order valence-electron chi connectivity index (χ4n) is 1.37. The van der Waals surface area contributed by atoms with Gasteiger partial charge in [-0.3, -0.25) is 10.1 Å². The molecule has 0 aliphatic rings. The highest BCUT2D eigenvalue weighted by molar-refractivity contribution is 6.03. The number of benzene rings is 1. The number of fused-ring (bicyclic) bond motifs is 1. The molecule has 1 aromatic carbocycles. The predicted octanol–water partition coefficient (Wildman–Crippen LogP) is 1.04. The lowest BCUT2D eigenvalue weighted by Crippen LogP contribution is -2.35. The van der Waals surface area contributed by atoms with Gasteiger partial charge >= 0.3 is 6.03 Å². The number of nitrogens with one attached hydrogen (secondary N) is 1. The van der Waals surface area contributed by atoms with Gasteiger partial charge in [-0.05, 0) is 12.1 Å². The SMILES string of the molecule is NC(=O)NC(=O)c1ccc2ccccc2n1. The number of hydrogen-bond donors (Lipinski definition) is 2. The van der Waals surface area contributed by atoms with Crippen molar-refractivity contribution in [2.24, 2.45) is 5.73 Å². The van der Waals surface area contributed by atoms with Crippen molar-refractivity contribution in [1.82, 2.24) is 10.3 Å². The van der Waals surface area contributed by atoms with Gasteiger partial charge in [0.15, 0.2) is 0 Å². The van der Waals surface area contributed by atoms with Gasteiger partial charge in [0.25, 0.3) is 5.91 Å². The number of hydrogen-bond acceptors (Lipinski definition) is 3. The molecule has 0 aliphatic heterocycles. The molecule has 2 aromatic rings. The van der Waals surface area contributed by atoms with Gasteiger partial charge in [0.1, 0.15) is 5.69 Å². The molecule has 0 saturated heterocycles. The van der Waals surface area contributed by atoms with Gasteiger partial charge in [-0.1, -0.05) is 24.3 Å². The van der Waals surface area contributed by atoms with E-state index in [9.17, 15) is 9.59 Å². The normalized spacial score (nSPS) is 10.0. The minimum atomic E-state index is -0.889. The first-order chi connectivity index (χ1) is 7.66. The number of nitrogens with two attached hydrogens (primary N) is 1. The Kier molecular flexibility index (Phi) is 2.51. The quantitative estimate of drug-likeness (QED) is 0.745. The molecule has 0 fully saturated rings. The van der Waals surface area contributed by atoms with Crippen molar-refractivity contribution in [2.75, 3.05) is 0 Å². The van der Waals surface area contributed by atoms with E-state index in [1.807, 2.05) is 23.5 Å². The van der Waals surface area contributed by atoms with Crippen LogP contribution < -0.4 is 11.1 Å². The van der Waals surface area contributed by atoms with Crippen molar-refractivity contribution in [3.63, 3.8) is 0 Å².